The number of hydrogen-bond acceptors (Lipinski definition) is 4. The summed E-state index contributed by atoms with van der Waals surface area (Å²) in [5.74, 6) is -0.199. The lowest BCUT2D eigenvalue weighted by Crippen LogP contribution is -2.46. The molecule has 1 amide bonds. The molecule has 0 aromatic carbocycles. The highest BCUT2D eigenvalue weighted by Crippen LogP contribution is 2.36. The summed E-state index contributed by atoms with van der Waals surface area (Å²) < 4.78 is 15.7. The molecule has 0 aliphatic rings. The average molecular weight is 522 g/mol. The molecule has 0 radical (unpaired) electrons. The van der Waals surface area contributed by atoms with Crippen LogP contribution in [0.2, 0.25) is 0 Å². The number of amides is 1. The van der Waals surface area contributed by atoms with E-state index in [1.165, 1.54) is 83.5 Å². The molecule has 210 valence electrons. The maximum atomic E-state index is 12.4. The third kappa shape index (κ3) is 25.0. The Hall–Kier alpha value is -0.460. The van der Waals surface area contributed by atoms with Gasteiger partial charge >= 0.3 is 7.82 Å². The minimum absolute atomic E-state index is 0.199. The van der Waals surface area contributed by atoms with Crippen molar-refractivity contribution in [3.63, 3.8) is 0 Å². The van der Waals surface area contributed by atoms with Gasteiger partial charge in [0.25, 0.3) is 0 Å². The van der Waals surface area contributed by atoms with E-state index in [0.717, 1.165) is 38.5 Å². The van der Waals surface area contributed by atoms with Crippen molar-refractivity contribution in [1.29, 1.82) is 0 Å². The highest BCUT2D eigenvalue weighted by Gasteiger charge is 2.25. The largest absolute Gasteiger partial charge is 0.469 e. The molecule has 4 N–H and O–H groups in total. The van der Waals surface area contributed by atoms with Crippen LogP contribution in [0.25, 0.3) is 0 Å². The van der Waals surface area contributed by atoms with Crippen molar-refractivity contribution in [2.24, 2.45) is 0 Å². The number of carbonyl (C=O) groups is 1. The molecule has 0 aromatic rings. The number of aliphatic hydroxyl groups excluding tert-OH is 1. The molecule has 0 aliphatic heterocycles. The smallest absolute Gasteiger partial charge is 0.391 e. The van der Waals surface area contributed by atoms with Crippen molar-refractivity contribution < 1.29 is 28.8 Å². The van der Waals surface area contributed by atoms with E-state index in [4.69, 9.17) is 9.79 Å². The molecule has 7 nitrogen and oxygen atoms in total. The maximum absolute atomic E-state index is 12.4. The summed E-state index contributed by atoms with van der Waals surface area (Å²) >= 11 is 0. The van der Waals surface area contributed by atoms with E-state index in [9.17, 15) is 14.5 Å². The zero-order valence-electron chi connectivity index (χ0n) is 22.7. The maximum Gasteiger partial charge on any atom is 0.469 e. The first-order valence-corrected chi connectivity index (χ1v) is 16.0. The van der Waals surface area contributed by atoms with Crippen LogP contribution in [0.3, 0.4) is 0 Å². The average Bonchev–Trinajstić information content (AvgIpc) is 2.81. The van der Waals surface area contributed by atoms with Crippen LogP contribution in [0.15, 0.2) is 0 Å². The van der Waals surface area contributed by atoms with Crippen LogP contribution >= 0.6 is 7.82 Å². The topological polar surface area (TPSA) is 116 Å². The summed E-state index contributed by atoms with van der Waals surface area (Å²) in [6, 6.07) is -0.813. The molecule has 8 heteroatoms. The number of rotatable bonds is 26. The molecular formula is C27H56NO6P. The normalized spacial score (nSPS) is 13.6. The summed E-state index contributed by atoms with van der Waals surface area (Å²) in [6.45, 7) is 4.04. The fourth-order valence-electron chi connectivity index (χ4n) is 4.34. The van der Waals surface area contributed by atoms with Gasteiger partial charge in [0, 0.05) is 6.42 Å². The van der Waals surface area contributed by atoms with Crippen LogP contribution < -0.4 is 5.32 Å². The quantitative estimate of drug-likeness (QED) is 0.0708. The van der Waals surface area contributed by atoms with Crippen molar-refractivity contribution in [3.05, 3.63) is 0 Å². The van der Waals surface area contributed by atoms with Crippen LogP contribution in [0.1, 0.15) is 149 Å². The van der Waals surface area contributed by atoms with E-state index in [2.05, 4.69) is 23.7 Å². The fraction of sp³-hybridized carbons (Fsp3) is 0.963. The van der Waals surface area contributed by atoms with E-state index < -0.39 is 26.6 Å². The van der Waals surface area contributed by atoms with Crippen molar-refractivity contribution >= 4 is 13.7 Å². The number of hydrogen-bond donors (Lipinski definition) is 4. The van der Waals surface area contributed by atoms with E-state index in [1.54, 1.807) is 0 Å². The highest BCUT2D eigenvalue weighted by atomic mass is 31.2. The fourth-order valence-corrected chi connectivity index (χ4v) is 4.70. The van der Waals surface area contributed by atoms with Crippen molar-refractivity contribution in [1.82, 2.24) is 5.32 Å². The summed E-state index contributed by atoms with van der Waals surface area (Å²) in [4.78, 5) is 30.4. The molecule has 0 rings (SSSR count). The van der Waals surface area contributed by atoms with Gasteiger partial charge in [0.05, 0.1) is 18.8 Å². The molecule has 0 aliphatic carbocycles. The predicted molar refractivity (Wildman–Crippen MR) is 144 cm³/mol. The molecule has 2 atom stereocenters. The van der Waals surface area contributed by atoms with Crippen LogP contribution in [-0.4, -0.2) is 39.6 Å². The molecule has 0 saturated heterocycles. The Kier molecular flexibility index (Phi) is 23.6. The molecule has 0 spiro atoms. The van der Waals surface area contributed by atoms with Crippen LogP contribution in [0, 0.1) is 0 Å². The summed E-state index contributed by atoms with van der Waals surface area (Å²) in [5, 5.41) is 13.3. The summed E-state index contributed by atoms with van der Waals surface area (Å²) in [5.41, 5.74) is 0. The lowest BCUT2D eigenvalue weighted by Gasteiger charge is -2.24. The molecule has 35 heavy (non-hydrogen) atoms. The zero-order chi connectivity index (χ0) is 26.2. The van der Waals surface area contributed by atoms with E-state index in [1.807, 2.05) is 0 Å². The van der Waals surface area contributed by atoms with Crippen molar-refractivity contribution in [2.75, 3.05) is 6.61 Å². The minimum Gasteiger partial charge on any atom is -0.391 e. The molecule has 0 fully saturated rings. The molecule has 0 bridgehead atoms. The van der Waals surface area contributed by atoms with Gasteiger partial charge in [0.2, 0.25) is 5.91 Å². The molecule has 0 saturated carbocycles. The van der Waals surface area contributed by atoms with Gasteiger partial charge in [-0.3, -0.25) is 9.32 Å². The molecule has 0 aromatic heterocycles. The monoisotopic (exact) mass is 521 g/mol. The summed E-state index contributed by atoms with van der Waals surface area (Å²) in [6.07, 6.45) is 22.3. The van der Waals surface area contributed by atoms with Crippen molar-refractivity contribution in [2.45, 2.75) is 161 Å². The minimum atomic E-state index is -4.66. The van der Waals surface area contributed by atoms with Gasteiger partial charge in [-0.15, -0.1) is 0 Å². The third-order valence-corrected chi connectivity index (χ3v) is 7.08. The van der Waals surface area contributed by atoms with E-state index >= 15 is 0 Å². The van der Waals surface area contributed by atoms with Crippen molar-refractivity contribution in [3.8, 4) is 0 Å². The molecule has 0 unspecified atom stereocenters. The zero-order valence-corrected chi connectivity index (χ0v) is 23.6. The number of carbonyl (C=O) groups excluding carboxylic acids is 1. The Labute approximate surface area is 215 Å². The second-order valence-electron chi connectivity index (χ2n) is 10.1. The Bertz CT molecular complexity index is 528. The highest BCUT2D eigenvalue weighted by molar-refractivity contribution is 7.46. The van der Waals surface area contributed by atoms with Gasteiger partial charge in [-0.05, 0) is 12.8 Å². The van der Waals surface area contributed by atoms with Crippen LogP contribution in [0.4, 0.5) is 0 Å². The lowest BCUT2D eigenvalue weighted by molar-refractivity contribution is -0.123. The number of unbranched alkanes of at least 4 members (excludes halogenated alkanes) is 17. The van der Waals surface area contributed by atoms with E-state index in [-0.39, 0.29) is 5.91 Å². The van der Waals surface area contributed by atoms with Gasteiger partial charge in [0.1, 0.15) is 0 Å². The van der Waals surface area contributed by atoms with Gasteiger partial charge in [0.15, 0.2) is 0 Å². The first-order valence-electron chi connectivity index (χ1n) is 14.5. The Balaban J connectivity index is 4.11. The second-order valence-corrected chi connectivity index (χ2v) is 11.3. The third-order valence-electron chi connectivity index (χ3n) is 6.59. The van der Waals surface area contributed by atoms with Gasteiger partial charge in [-0.25, -0.2) is 4.57 Å². The Morgan fingerprint density at radius 3 is 1.54 bits per heavy atom. The number of nitrogens with one attached hydrogen (secondary N) is 1. The van der Waals surface area contributed by atoms with Gasteiger partial charge in [-0.2, -0.15) is 0 Å². The summed E-state index contributed by atoms with van der Waals surface area (Å²) in [7, 11) is -4.66. The molecular weight excluding hydrogens is 465 g/mol. The Morgan fingerprint density at radius 1 is 0.714 bits per heavy atom. The van der Waals surface area contributed by atoms with Crippen LogP contribution in [0.5, 0.6) is 0 Å². The predicted octanol–water partition coefficient (Wildman–Crippen LogP) is 7.17. The lowest BCUT2D eigenvalue weighted by atomic mass is 10.0. The first kappa shape index (κ1) is 34.5. The van der Waals surface area contributed by atoms with Gasteiger partial charge in [-0.1, -0.05) is 129 Å². The Morgan fingerprint density at radius 2 is 1.11 bits per heavy atom. The second kappa shape index (κ2) is 23.9. The SMILES string of the molecule is CCCCCCCCCCCCC(=O)N[C@@H](COP(=O)(O)O)[C@H](O)CCCCCCCCCCC. The number of phosphoric ester groups is 1. The standard InChI is InChI=1S/C27H56NO6P/c1-3-5-7-9-11-13-15-17-19-21-23-27(30)28-25(24-34-35(31,32)33)26(29)22-20-18-16-14-12-10-8-6-4-2/h25-26,29H,3-24H2,1-2H3,(H,28,30)(H2,31,32,33)/t25-,26+/m0/s1. The van der Waals surface area contributed by atoms with E-state index in [0.29, 0.717) is 12.8 Å². The van der Waals surface area contributed by atoms with Crippen LogP contribution in [-0.2, 0) is 13.9 Å². The van der Waals surface area contributed by atoms with Gasteiger partial charge < -0.3 is 20.2 Å². The first-order chi connectivity index (χ1) is 16.8. The number of aliphatic hydroxyl groups is 1. The number of phosphoric acid groups is 1. The molecule has 0 heterocycles.